The zero-order valence-corrected chi connectivity index (χ0v) is 12.7. The standard InChI is InChI=1S/C15H24N2O3/c1-16-5-6-17(2)14(10-16)15(18)11-7-12(19-3)9-13(8-11)20-4/h7-9,14-15,18H,5-6,10H2,1-4H3. The van der Waals surface area contributed by atoms with E-state index in [1.165, 1.54) is 0 Å². The normalized spacial score (nSPS) is 22.6. The van der Waals surface area contributed by atoms with Gasteiger partial charge in [-0.2, -0.15) is 0 Å². The van der Waals surface area contributed by atoms with E-state index in [2.05, 4.69) is 23.9 Å². The summed E-state index contributed by atoms with van der Waals surface area (Å²) in [7, 11) is 7.37. The third kappa shape index (κ3) is 3.23. The molecule has 1 aromatic rings. The summed E-state index contributed by atoms with van der Waals surface area (Å²) >= 11 is 0. The van der Waals surface area contributed by atoms with E-state index in [4.69, 9.17) is 9.47 Å². The maximum atomic E-state index is 10.7. The molecule has 0 bridgehead atoms. The third-order valence-electron chi connectivity index (χ3n) is 3.98. The Hall–Kier alpha value is -1.30. The Morgan fingerprint density at radius 2 is 1.70 bits per heavy atom. The average Bonchev–Trinajstić information content (AvgIpc) is 2.48. The van der Waals surface area contributed by atoms with Gasteiger partial charge in [-0.15, -0.1) is 0 Å². The monoisotopic (exact) mass is 280 g/mol. The summed E-state index contributed by atoms with van der Waals surface area (Å²) in [5.41, 5.74) is 0.827. The van der Waals surface area contributed by atoms with Crippen LogP contribution in [0.5, 0.6) is 11.5 Å². The summed E-state index contributed by atoms with van der Waals surface area (Å²) < 4.78 is 10.5. The summed E-state index contributed by atoms with van der Waals surface area (Å²) in [4.78, 5) is 4.45. The lowest BCUT2D eigenvalue weighted by Gasteiger charge is -2.40. The van der Waals surface area contributed by atoms with Crippen LogP contribution in [0.25, 0.3) is 0 Å². The van der Waals surface area contributed by atoms with Gasteiger partial charge in [0, 0.05) is 25.7 Å². The molecule has 2 unspecified atom stereocenters. The van der Waals surface area contributed by atoms with Crippen molar-refractivity contribution in [1.82, 2.24) is 9.80 Å². The largest absolute Gasteiger partial charge is 0.497 e. The van der Waals surface area contributed by atoms with Crippen molar-refractivity contribution in [2.75, 3.05) is 47.9 Å². The van der Waals surface area contributed by atoms with Crippen molar-refractivity contribution < 1.29 is 14.6 Å². The number of aliphatic hydroxyl groups is 1. The van der Waals surface area contributed by atoms with Crippen LogP contribution in [0.4, 0.5) is 0 Å². The van der Waals surface area contributed by atoms with E-state index in [9.17, 15) is 5.11 Å². The molecule has 1 fully saturated rings. The SMILES string of the molecule is COc1cc(OC)cc(C(O)C2CN(C)CCN2C)c1. The number of benzene rings is 1. The van der Waals surface area contributed by atoms with Crippen molar-refractivity contribution in [1.29, 1.82) is 0 Å². The van der Waals surface area contributed by atoms with Gasteiger partial charge in [-0.25, -0.2) is 0 Å². The fraction of sp³-hybridized carbons (Fsp3) is 0.600. The van der Waals surface area contributed by atoms with Crippen LogP contribution in [0.3, 0.4) is 0 Å². The van der Waals surface area contributed by atoms with Gasteiger partial charge in [0.25, 0.3) is 0 Å². The molecule has 2 atom stereocenters. The van der Waals surface area contributed by atoms with Gasteiger partial charge < -0.3 is 19.5 Å². The fourth-order valence-electron chi connectivity index (χ4n) is 2.61. The molecule has 2 rings (SSSR count). The third-order valence-corrected chi connectivity index (χ3v) is 3.98. The Bertz CT molecular complexity index is 430. The first kappa shape index (κ1) is 15.1. The minimum absolute atomic E-state index is 0.0746. The van der Waals surface area contributed by atoms with Crippen molar-refractivity contribution in [2.24, 2.45) is 0 Å². The molecule has 0 amide bonds. The van der Waals surface area contributed by atoms with Crippen molar-refractivity contribution in [2.45, 2.75) is 12.1 Å². The van der Waals surface area contributed by atoms with Crippen LogP contribution < -0.4 is 9.47 Å². The lowest BCUT2D eigenvalue weighted by atomic mass is 9.98. The van der Waals surface area contributed by atoms with Gasteiger partial charge in [0.15, 0.2) is 0 Å². The molecule has 1 saturated heterocycles. The highest BCUT2D eigenvalue weighted by atomic mass is 16.5. The number of likely N-dealkylation sites (N-methyl/N-ethyl adjacent to an activating group) is 2. The molecule has 0 aromatic heterocycles. The van der Waals surface area contributed by atoms with Crippen LogP contribution in [-0.4, -0.2) is 68.9 Å². The van der Waals surface area contributed by atoms with Crippen LogP contribution in [-0.2, 0) is 0 Å². The van der Waals surface area contributed by atoms with Gasteiger partial charge >= 0.3 is 0 Å². The van der Waals surface area contributed by atoms with E-state index in [0.29, 0.717) is 11.5 Å². The van der Waals surface area contributed by atoms with E-state index in [1.54, 1.807) is 14.2 Å². The number of piperazine rings is 1. The molecule has 0 saturated carbocycles. The molecular formula is C15H24N2O3. The number of hydrogen-bond donors (Lipinski definition) is 1. The molecule has 5 nitrogen and oxygen atoms in total. The van der Waals surface area contributed by atoms with Crippen LogP contribution in [0.15, 0.2) is 18.2 Å². The molecule has 5 heteroatoms. The van der Waals surface area contributed by atoms with Gasteiger partial charge in [0.1, 0.15) is 11.5 Å². The summed E-state index contributed by atoms with van der Waals surface area (Å²) in [6, 6.07) is 5.63. The first-order chi connectivity index (χ1) is 9.55. The minimum atomic E-state index is -0.563. The Morgan fingerprint density at radius 1 is 1.10 bits per heavy atom. The lowest BCUT2D eigenvalue weighted by molar-refractivity contribution is 0.0136. The first-order valence-electron chi connectivity index (χ1n) is 6.85. The smallest absolute Gasteiger partial charge is 0.122 e. The van der Waals surface area contributed by atoms with Crippen molar-refractivity contribution in [3.8, 4) is 11.5 Å². The number of ether oxygens (including phenoxy) is 2. The number of aliphatic hydroxyl groups excluding tert-OH is 1. The maximum absolute atomic E-state index is 10.7. The lowest BCUT2D eigenvalue weighted by Crippen LogP contribution is -2.52. The second-order valence-corrected chi connectivity index (χ2v) is 5.40. The number of rotatable bonds is 4. The van der Waals surface area contributed by atoms with Crippen LogP contribution in [0, 0.1) is 0 Å². The highest BCUT2D eigenvalue weighted by molar-refractivity contribution is 5.39. The highest BCUT2D eigenvalue weighted by Gasteiger charge is 2.30. The van der Waals surface area contributed by atoms with Crippen LogP contribution in [0.2, 0.25) is 0 Å². The number of nitrogens with zero attached hydrogens (tertiary/aromatic N) is 2. The van der Waals surface area contributed by atoms with Gasteiger partial charge in [0.2, 0.25) is 0 Å². The zero-order valence-electron chi connectivity index (χ0n) is 12.7. The molecular weight excluding hydrogens is 256 g/mol. The molecule has 1 aliphatic heterocycles. The van der Waals surface area contributed by atoms with Gasteiger partial charge in [-0.1, -0.05) is 0 Å². The van der Waals surface area contributed by atoms with Crippen molar-refractivity contribution >= 4 is 0 Å². The number of methoxy groups -OCH3 is 2. The van der Waals surface area contributed by atoms with E-state index < -0.39 is 6.10 Å². The van der Waals surface area contributed by atoms with Gasteiger partial charge in [-0.05, 0) is 31.8 Å². The Kier molecular flexibility index (Phi) is 4.86. The summed E-state index contributed by atoms with van der Waals surface area (Å²) in [6.07, 6.45) is -0.563. The molecule has 112 valence electrons. The molecule has 0 spiro atoms. The molecule has 1 heterocycles. The Balaban J connectivity index is 2.24. The predicted molar refractivity (Wildman–Crippen MR) is 78.4 cm³/mol. The molecule has 1 aromatic carbocycles. The number of hydrogen-bond acceptors (Lipinski definition) is 5. The Labute approximate surface area is 120 Å². The summed E-state index contributed by atoms with van der Waals surface area (Å²) in [5, 5.41) is 10.7. The predicted octanol–water partition coefficient (Wildman–Crippen LogP) is 0.983. The van der Waals surface area contributed by atoms with Crippen LogP contribution >= 0.6 is 0 Å². The van der Waals surface area contributed by atoms with Crippen molar-refractivity contribution in [3.63, 3.8) is 0 Å². The van der Waals surface area contributed by atoms with Crippen molar-refractivity contribution in [3.05, 3.63) is 23.8 Å². The second-order valence-electron chi connectivity index (χ2n) is 5.40. The summed E-state index contributed by atoms with van der Waals surface area (Å²) in [5.74, 6) is 1.40. The van der Waals surface area contributed by atoms with Crippen LogP contribution in [0.1, 0.15) is 11.7 Å². The molecule has 20 heavy (non-hydrogen) atoms. The van der Waals surface area contributed by atoms with E-state index in [1.807, 2.05) is 18.2 Å². The Morgan fingerprint density at radius 3 is 2.25 bits per heavy atom. The zero-order chi connectivity index (χ0) is 14.7. The minimum Gasteiger partial charge on any atom is -0.497 e. The maximum Gasteiger partial charge on any atom is 0.122 e. The molecule has 0 radical (unpaired) electrons. The average molecular weight is 280 g/mol. The highest BCUT2D eigenvalue weighted by Crippen LogP contribution is 2.30. The van der Waals surface area contributed by atoms with E-state index in [-0.39, 0.29) is 6.04 Å². The fourth-order valence-corrected chi connectivity index (χ4v) is 2.61. The summed E-state index contributed by atoms with van der Waals surface area (Å²) in [6.45, 7) is 2.83. The van der Waals surface area contributed by atoms with E-state index in [0.717, 1.165) is 25.2 Å². The van der Waals surface area contributed by atoms with Gasteiger partial charge in [0.05, 0.1) is 26.4 Å². The second kappa shape index (κ2) is 6.43. The van der Waals surface area contributed by atoms with Gasteiger partial charge in [-0.3, -0.25) is 4.90 Å². The van der Waals surface area contributed by atoms with E-state index >= 15 is 0 Å². The first-order valence-corrected chi connectivity index (χ1v) is 6.85. The molecule has 1 aliphatic rings. The quantitative estimate of drug-likeness (QED) is 0.891. The topological polar surface area (TPSA) is 45.2 Å². The molecule has 0 aliphatic carbocycles. The molecule has 1 N–H and O–H groups in total.